The average Bonchev–Trinajstić information content (AvgIpc) is 3.19. The number of hydrogen-bond acceptors (Lipinski definition) is 4. The summed E-state index contributed by atoms with van der Waals surface area (Å²) in [5, 5.41) is 4.03. The summed E-state index contributed by atoms with van der Waals surface area (Å²) in [6.45, 7) is 5.70. The Morgan fingerprint density at radius 1 is 1.00 bits per heavy atom. The second-order valence-electron chi connectivity index (χ2n) is 7.09. The van der Waals surface area contributed by atoms with E-state index in [1.54, 1.807) is 6.20 Å². The van der Waals surface area contributed by atoms with Crippen LogP contribution in [-0.2, 0) is 13.1 Å². The monoisotopic (exact) mass is 405 g/mol. The molecule has 1 aliphatic rings. The number of anilines is 1. The average molecular weight is 406 g/mol. The Kier molecular flexibility index (Phi) is 5.62. The molecule has 0 saturated heterocycles. The Labute approximate surface area is 176 Å². The minimum atomic E-state index is 0.267. The van der Waals surface area contributed by atoms with Gasteiger partial charge < -0.3 is 19.7 Å². The predicted octanol–water partition coefficient (Wildman–Crippen LogP) is 4.83. The number of benzene rings is 2. The van der Waals surface area contributed by atoms with Gasteiger partial charge in [0.25, 0.3) is 0 Å². The molecule has 1 aromatic heterocycles. The summed E-state index contributed by atoms with van der Waals surface area (Å²) in [6.07, 6.45) is 1.80. The van der Waals surface area contributed by atoms with Crippen LogP contribution in [0.15, 0.2) is 60.8 Å². The van der Waals surface area contributed by atoms with E-state index in [0.29, 0.717) is 18.2 Å². The zero-order chi connectivity index (χ0) is 20.2. The lowest BCUT2D eigenvalue weighted by molar-refractivity contribution is 0.174. The lowest BCUT2D eigenvalue weighted by Gasteiger charge is -2.26. The van der Waals surface area contributed by atoms with Gasteiger partial charge in [0.05, 0.1) is 12.2 Å². The zero-order valence-electron chi connectivity index (χ0n) is 16.5. The minimum absolute atomic E-state index is 0.267. The van der Waals surface area contributed by atoms with Crippen molar-refractivity contribution in [3.8, 4) is 11.5 Å². The number of hydrogen-bond donors (Lipinski definition) is 1. The minimum Gasteiger partial charge on any atom is -0.454 e. The van der Waals surface area contributed by atoms with E-state index in [4.69, 9.17) is 21.7 Å². The molecule has 0 spiro atoms. The predicted molar refractivity (Wildman–Crippen MR) is 118 cm³/mol. The van der Waals surface area contributed by atoms with Crippen molar-refractivity contribution in [2.45, 2.75) is 26.9 Å². The summed E-state index contributed by atoms with van der Waals surface area (Å²) in [5.41, 5.74) is 5.51. The number of nitrogens with one attached hydrogen (secondary N) is 1. The molecule has 5 nitrogen and oxygen atoms in total. The van der Waals surface area contributed by atoms with E-state index in [2.05, 4.69) is 41.2 Å². The summed E-state index contributed by atoms with van der Waals surface area (Å²) in [5.74, 6) is 1.55. The number of thiocarbonyl (C=S) groups is 1. The van der Waals surface area contributed by atoms with Crippen LogP contribution in [0.4, 0.5) is 5.69 Å². The first-order valence-electron chi connectivity index (χ1n) is 9.50. The number of nitrogens with zero attached hydrogens (tertiary/aromatic N) is 2. The van der Waals surface area contributed by atoms with Crippen molar-refractivity contribution in [3.63, 3.8) is 0 Å². The van der Waals surface area contributed by atoms with E-state index in [1.165, 1.54) is 11.1 Å². The van der Waals surface area contributed by atoms with E-state index < -0.39 is 0 Å². The maximum absolute atomic E-state index is 5.76. The summed E-state index contributed by atoms with van der Waals surface area (Å²) in [6, 6.07) is 18.2. The van der Waals surface area contributed by atoms with Gasteiger partial charge >= 0.3 is 0 Å². The smallest absolute Gasteiger partial charge is 0.231 e. The third-order valence-corrected chi connectivity index (χ3v) is 5.30. The van der Waals surface area contributed by atoms with Crippen molar-refractivity contribution in [2.24, 2.45) is 0 Å². The van der Waals surface area contributed by atoms with Crippen LogP contribution < -0.4 is 14.8 Å². The molecule has 2 heterocycles. The number of fused-ring (bicyclic) bond motifs is 1. The first kappa shape index (κ1) is 19.2. The molecule has 0 radical (unpaired) electrons. The molecule has 2 aromatic carbocycles. The van der Waals surface area contributed by atoms with Crippen molar-refractivity contribution in [3.05, 3.63) is 83.2 Å². The summed E-state index contributed by atoms with van der Waals surface area (Å²) >= 11 is 5.76. The maximum Gasteiger partial charge on any atom is 0.231 e. The van der Waals surface area contributed by atoms with Crippen LogP contribution in [0.1, 0.15) is 22.4 Å². The molecular weight excluding hydrogens is 382 g/mol. The Hall–Kier alpha value is -3.12. The molecule has 3 aromatic rings. The lowest BCUT2D eigenvalue weighted by atomic mass is 10.1. The van der Waals surface area contributed by atoms with Gasteiger partial charge in [0.2, 0.25) is 6.79 Å². The van der Waals surface area contributed by atoms with Crippen LogP contribution >= 0.6 is 12.2 Å². The fourth-order valence-corrected chi connectivity index (χ4v) is 3.42. The molecule has 6 heteroatoms. The SMILES string of the molecule is Cc1ccc(NC(=S)N(Cc2ccc3c(c2)OCO3)Cc2ccccn2)cc1C. The topological polar surface area (TPSA) is 46.6 Å². The fraction of sp³-hybridized carbons (Fsp3) is 0.217. The normalized spacial score (nSPS) is 11.9. The fourth-order valence-electron chi connectivity index (χ4n) is 3.17. The maximum atomic E-state index is 5.76. The second-order valence-corrected chi connectivity index (χ2v) is 7.48. The Bertz CT molecular complexity index is 1020. The van der Waals surface area contributed by atoms with Gasteiger partial charge in [-0.3, -0.25) is 4.98 Å². The van der Waals surface area contributed by atoms with Crippen molar-refractivity contribution < 1.29 is 9.47 Å². The van der Waals surface area contributed by atoms with Gasteiger partial charge in [-0.1, -0.05) is 18.2 Å². The van der Waals surface area contributed by atoms with Crippen molar-refractivity contribution >= 4 is 23.0 Å². The molecule has 0 aliphatic carbocycles. The highest BCUT2D eigenvalue weighted by Crippen LogP contribution is 2.33. The Balaban J connectivity index is 1.55. The van der Waals surface area contributed by atoms with Gasteiger partial charge in [0.1, 0.15) is 0 Å². The molecule has 0 fully saturated rings. The third-order valence-electron chi connectivity index (χ3n) is 4.93. The van der Waals surface area contributed by atoms with Crippen LogP contribution in [0.25, 0.3) is 0 Å². The number of aryl methyl sites for hydroxylation is 2. The van der Waals surface area contributed by atoms with E-state index in [1.807, 2.05) is 42.5 Å². The molecule has 4 rings (SSSR count). The molecule has 0 atom stereocenters. The summed E-state index contributed by atoms with van der Waals surface area (Å²) in [7, 11) is 0. The van der Waals surface area contributed by atoms with Gasteiger partial charge in [0, 0.05) is 18.4 Å². The molecule has 1 N–H and O–H groups in total. The molecule has 0 amide bonds. The molecule has 148 valence electrons. The quantitative estimate of drug-likeness (QED) is 0.614. The highest BCUT2D eigenvalue weighted by molar-refractivity contribution is 7.80. The van der Waals surface area contributed by atoms with E-state index in [0.717, 1.165) is 28.4 Å². The van der Waals surface area contributed by atoms with E-state index in [9.17, 15) is 0 Å². The van der Waals surface area contributed by atoms with Crippen LogP contribution in [0, 0.1) is 13.8 Å². The van der Waals surface area contributed by atoms with Crippen LogP contribution in [0.2, 0.25) is 0 Å². The highest BCUT2D eigenvalue weighted by atomic mass is 32.1. The number of rotatable bonds is 5. The number of aromatic nitrogens is 1. The van der Waals surface area contributed by atoms with Crippen LogP contribution in [0.5, 0.6) is 11.5 Å². The Morgan fingerprint density at radius 2 is 1.86 bits per heavy atom. The molecule has 0 saturated carbocycles. The molecular formula is C23H23N3O2S. The van der Waals surface area contributed by atoms with Gasteiger partial charge in [-0.05, 0) is 79.2 Å². The first-order valence-corrected chi connectivity index (χ1v) is 9.91. The molecule has 1 aliphatic heterocycles. The standard InChI is InChI=1S/C23H23N3O2S/c1-16-6-8-19(11-17(16)2)25-23(29)26(14-20-5-3-4-10-24-20)13-18-7-9-21-22(12-18)28-15-27-21/h3-12H,13-15H2,1-2H3,(H,25,29). The number of pyridine rings is 1. The summed E-state index contributed by atoms with van der Waals surface area (Å²) in [4.78, 5) is 6.56. The zero-order valence-corrected chi connectivity index (χ0v) is 17.3. The van der Waals surface area contributed by atoms with Crippen molar-refractivity contribution in [2.75, 3.05) is 12.1 Å². The van der Waals surface area contributed by atoms with E-state index >= 15 is 0 Å². The van der Waals surface area contributed by atoms with Crippen molar-refractivity contribution in [1.82, 2.24) is 9.88 Å². The third kappa shape index (κ3) is 4.66. The number of ether oxygens (including phenoxy) is 2. The molecule has 0 bridgehead atoms. The second kappa shape index (κ2) is 8.49. The summed E-state index contributed by atoms with van der Waals surface area (Å²) < 4.78 is 10.9. The van der Waals surface area contributed by atoms with Gasteiger partial charge in [0.15, 0.2) is 16.6 Å². The molecule has 0 unspecified atom stereocenters. The highest BCUT2D eigenvalue weighted by Gasteiger charge is 2.17. The van der Waals surface area contributed by atoms with Gasteiger partial charge in [-0.15, -0.1) is 0 Å². The largest absolute Gasteiger partial charge is 0.454 e. The first-order chi connectivity index (χ1) is 14.1. The van der Waals surface area contributed by atoms with Crippen LogP contribution in [-0.4, -0.2) is 21.8 Å². The van der Waals surface area contributed by atoms with E-state index in [-0.39, 0.29) is 6.79 Å². The van der Waals surface area contributed by atoms with Gasteiger partial charge in [-0.2, -0.15) is 0 Å². The Morgan fingerprint density at radius 3 is 2.66 bits per heavy atom. The van der Waals surface area contributed by atoms with Crippen molar-refractivity contribution in [1.29, 1.82) is 0 Å². The van der Waals surface area contributed by atoms with Gasteiger partial charge in [-0.25, -0.2) is 0 Å². The van der Waals surface area contributed by atoms with Crippen LogP contribution in [0.3, 0.4) is 0 Å². The molecule has 29 heavy (non-hydrogen) atoms. The lowest BCUT2D eigenvalue weighted by Crippen LogP contribution is -2.34.